The second-order valence-corrected chi connectivity index (χ2v) is 8.31. The summed E-state index contributed by atoms with van der Waals surface area (Å²) >= 11 is 0. The Labute approximate surface area is 203 Å². The monoisotopic (exact) mass is 452 g/mol. The van der Waals surface area contributed by atoms with Crippen molar-refractivity contribution in [2.24, 2.45) is 0 Å². The summed E-state index contributed by atoms with van der Waals surface area (Å²) in [5.74, 6) is 0.838. The summed E-state index contributed by atoms with van der Waals surface area (Å²) in [6, 6.07) is 19.6. The van der Waals surface area contributed by atoms with Crippen molar-refractivity contribution in [2.75, 3.05) is 6.61 Å². The molecule has 0 aliphatic heterocycles. The Morgan fingerprint density at radius 1 is 1.00 bits per heavy atom. The SMILES string of the molecule is [C-]#[N+]/C(C#N)=C/c1cn(-c2ccccc2)nc1-c1ccc(OCCCCCCCCCC)cc1. The van der Waals surface area contributed by atoms with E-state index in [2.05, 4.69) is 11.8 Å². The highest BCUT2D eigenvalue weighted by Crippen LogP contribution is 2.27. The van der Waals surface area contributed by atoms with Crippen LogP contribution in [-0.2, 0) is 0 Å². The quantitative estimate of drug-likeness (QED) is 0.151. The van der Waals surface area contributed by atoms with E-state index >= 15 is 0 Å². The van der Waals surface area contributed by atoms with Crippen molar-refractivity contribution in [3.05, 3.63) is 83.5 Å². The van der Waals surface area contributed by atoms with Crippen LogP contribution in [0.25, 0.3) is 27.9 Å². The van der Waals surface area contributed by atoms with Gasteiger partial charge in [-0.1, -0.05) is 70.1 Å². The molecule has 2 aromatic carbocycles. The molecular weight excluding hydrogens is 420 g/mol. The molecule has 0 aliphatic rings. The predicted octanol–water partition coefficient (Wildman–Crippen LogP) is 7.84. The van der Waals surface area contributed by atoms with Crippen LogP contribution in [0.4, 0.5) is 0 Å². The molecule has 1 aromatic heterocycles. The molecule has 5 nitrogen and oxygen atoms in total. The fraction of sp³-hybridized carbons (Fsp3) is 0.345. The largest absolute Gasteiger partial charge is 0.494 e. The Morgan fingerprint density at radius 2 is 1.68 bits per heavy atom. The van der Waals surface area contributed by atoms with Crippen LogP contribution >= 0.6 is 0 Å². The molecule has 0 aliphatic carbocycles. The van der Waals surface area contributed by atoms with Crippen molar-refractivity contribution in [2.45, 2.75) is 58.3 Å². The minimum Gasteiger partial charge on any atom is -0.494 e. The van der Waals surface area contributed by atoms with E-state index in [1.807, 2.05) is 66.9 Å². The molecule has 0 atom stereocenters. The molecule has 0 unspecified atom stereocenters. The normalized spacial score (nSPS) is 11.1. The molecule has 0 saturated carbocycles. The molecular formula is C29H32N4O. The van der Waals surface area contributed by atoms with E-state index in [9.17, 15) is 5.26 Å². The van der Waals surface area contributed by atoms with Gasteiger partial charge in [0.15, 0.2) is 0 Å². The van der Waals surface area contributed by atoms with E-state index in [0.29, 0.717) is 0 Å². The molecule has 34 heavy (non-hydrogen) atoms. The van der Waals surface area contributed by atoms with Crippen LogP contribution in [0.2, 0.25) is 0 Å². The number of rotatable bonds is 13. The van der Waals surface area contributed by atoms with E-state index in [0.717, 1.165) is 41.3 Å². The summed E-state index contributed by atoms with van der Waals surface area (Å²) in [6.07, 6.45) is 13.7. The van der Waals surface area contributed by atoms with Gasteiger partial charge in [-0.3, -0.25) is 0 Å². The standard InChI is InChI=1S/C29H32N4O/c1-3-4-5-6-7-8-9-13-20-34-28-18-16-24(17-19-28)29-25(21-26(22-30)31-2)23-33(32-29)27-14-11-10-12-15-27/h10-12,14-19,21,23H,3-9,13,20H2,1H3/b26-21+. The van der Waals surface area contributed by atoms with E-state index in [1.54, 1.807) is 10.8 Å². The van der Waals surface area contributed by atoms with Gasteiger partial charge >= 0.3 is 0 Å². The fourth-order valence-electron chi connectivity index (χ4n) is 3.80. The summed E-state index contributed by atoms with van der Waals surface area (Å²) < 4.78 is 7.70. The summed E-state index contributed by atoms with van der Waals surface area (Å²) in [7, 11) is 0. The van der Waals surface area contributed by atoms with Crippen molar-refractivity contribution >= 4 is 6.08 Å². The maximum Gasteiger partial charge on any atom is 0.262 e. The van der Waals surface area contributed by atoms with Gasteiger partial charge in [-0.25, -0.2) is 14.8 Å². The molecule has 0 amide bonds. The van der Waals surface area contributed by atoms with Gasteiger partial charge in [0.05, 0.1) is 30.6 Å². The summed E-state index contributed by atoms with van der Waals surface area (Å²) in [4.78, 5) is 3.30. The predicted molar refractivity (Wildman–Crippen MR) is 137 cm³/mol. The molecule has 1 heterocycles. The van der Waals surface area contributed by atoms with Gasteiger partial charge in [-0.05, 0) is 48.9 Å². The summed E-state index contributed by atoms with van der Waals surface area (Å²) in [5, 5.41) is 14.0. The Hall–Kier alpha value is -3.83. The van der Waals surface area contributed by atoms with Crippen molar-refractivity contribution in [3.8, 4) is 28.8 Å². The van der Waals surface area contributed by atoms with Gasteiger partial charge in [0.25, 0.3) is 5.70 Å². The minimum absolute atomic E-state index is 0.0270. The van der Waals surface area contributed by atoms with E-state index < -0.39 is 0 Å². The second-order valence-electron chi connectivity index (χ2n) is 8.31. The zero-order valence-electron chi connectivity index (χ0n) is 19.9. The first-order valence-electron chi connectivity index (χ1n) is 12.1. The molecule has 0 fully saturated rings. The average Bonchev–Trinajstić information content (AvgIpc) is 3.31. The van der Waals surface area contributed by atoms with Gasteiger partial charge in [0.1, 0.15) is 5.75 Å². The number of benzene rings is 2. The average molecular weight is 453 g/mol. The molecule has 0 spiro atoms. The molecule has 0 N–H and O–H groups in total. The lowest BCUT2D eigenvalue weighted by Crippen LogP contribution is -1.97. The number of unbranched alkanes of at least 4 members (excludes halogenated alkanes) is 7. The highest BCUT2D eigenvalue weighted by atomic mass is 16.5. The number of para-hydroxylation sites is 1. The van der Waals surface area contributed by atoms with Crippen molar-refractivity contribution in [3.63, 3.8) is 0 Å². The molecule has 174 valence electrons. The number of nitriles is 1. The lowest BCUT2D eigenvalue weighted by Gasteiger charge is -2.07. The number of nitrogens with zero attached hydrogens (tertiary/aromatic N) is 4. The Morgan fingerprint density at radius 3 is 2.32 bits per heavy atom. The molecule has 5 heteroatoms. The highest BCUT2D eigenvalue weighted by molar-refractivity contribution is 5.75. The van der Waals surface area contributed by atoms with Gasteiger partial charge in [0, 0.05) is 17.3 Å². The highest BCUT2D eigenvalue weighted by Gasteiger charge is 2.12. The Balaban J connectivity index is 1.64. The second kappa shape index (κ2) is 13.7. The van der Waals surface area contributed by atoms with Crippen LogP contribution in [-0.4, -0.2) is 16.4 Å². The van der Waals surface area contributed by atoms with E-state index in [4.69, 9.17) is 16.4 Å². The maximum atomic E-state index is 9.22. The third-order valence-electron chi connectivity index (χ3n) is 5.68. The third-order valence-corrected chi connectivity index (χ3v) is 5.68. The third kappa shape index (κ3) is 7.36. The van der Waals surface area contributed by atoms with Gasteiger partial charge in [-0.15, -0.1) is 0 Å². The topological polar surface area (TPSA) is 55.2 Å². The first-order valence-corrected chi connectivity index (χ1v) is 12.1. The zero-order chi connectivity index (χ0) is 24.0. The lowest BCUT2D eigenvalue weighted by atomic mass is 10.1. The summed E-state index contributed by atoms with van der Waals surface area (Å²) in [6.45, 7) is 10.2. The van der Waals surface area contributed by atoms with Crippen LogP contribution < -0.4 is 4.74 Å². The van der Waals surface area contributed by atoms with E-state index in [1.165, 1.54) is 44.9 Å². The lowest BCUT2D eigenvalue weighted by molar-refractivity contribution is 0.304. The van der Waals surface area contributed by atoms with Gasteiger partial charge < -0.3 is 4.74 Å². The Kier molecular flexibility index (Phi) is 9.96. The maximum absolute atomic E-state index is 9.22. The van der Waals surface area contributed by atoms with Crippen LogP contribution in [0.3, 0.4) is 0 Å². The van der Waals surface area contributed by atoms with Crippen LogP contribution in [0.5, 0.6) is 5.75 Å². The first-order chi connectivity index (χ1) is 16.7. The van der Waals surface area contributed by atoms with E-state index in [-0.39, 0.29) is 5.70 Å². The zero-order valence-corrected chi connectivity index (χ0v) is 19.9. The first kappa shape index (κ1) is 24.8. The smallest absolute Gasteiger partial charge is 0.262 e. The van der Waals surface area contributed by atoms with Crippen LogP contribution in [0, 0.1) is 17.9 Å². The van der Waals surface area contributed by atoms with Crippen molar-refractivity contribution < 1.29 is 4.74 Å². The Bertz CT molecular complexity index is 1120. The van der Waals surface area contributed by atoms with Crippen LogP contribution in [0.15, 0.2) is 66.5 Å². The summed E-state index contributed by atoms with van der Waals surface area (Å²) in [5.41, 5.74) is 3.29. The number of allylic oxidation sites excluding steroid dienone is 1. The van der Waals surface area contributed by atoms with Gasteiger partial charge in [-0.2, -0.15) is 5.10 Å². The molecule has 3 rings (SSSR count). The minimum atomic E-state index is 0.0270. The molecule has 0 radical (unpaired) electrons. The van der Waals surface area contributed by atoms with Crippen molar-refractivity contribution in [1.82, 2.24) is 9.78 Å². The number of hydrogen-bond donors (Lipinski definition) is 0. The number of ether oxygens (including phenoxy) is 1. The molecule has 3 aromatic rings. The fourth-order valence-corrected chi connectivity index (χ4v) is 3.80. The van der Waals surface area contributed by atoms with Crippen LogP contribution in [0.1, 0.15) is 63.9 Å². The number of aromatic nitrogens is 2. The molecule has 0 saturated heterocycles. The number of hydrogen-bond acceptors (Lipinski definition) is 3. The van der Waals surface area contributed by atoms with Crippen molar-refractivity contribution in [1.29, 1.82) is 5.26 Å². The van der Waals surface area contributed by atoms with Gasteiger partial charge in [0.2, 0.25) is 0 Å². The molecule has 0 bridgehead atoms.